The molecule has 0 unspecified atom stereocenters. The number of nitrogen functional groups attached to an aromatic ring is 1. The fraction of sp³-hybridized carbons (Fsp3) is 0.155. The number of benzene rings is 8. The standard InChI is InChI=1S/C20H17NO.C19H17N.C7H9N.C6H5I.3C2H6/c1-16-7-5-6-10-20(16)21(18-8-3-2-4-9-18)19-13-11-17(15-22)12-14-19;1-16-10-8-9-15-19(16)20(17-11-4-2-5-12-17)18-13-6-3-7-14-18;1-6-4-2-3-5-7(6)8;7-6-4-2-1-3-5-6;3*1-2/h2-15H,1H3;2-15H,1H3;2-5H,8H2,1H3;1-5H;3*1-2H3. The highest BCUT2D eigenvalue weighted by atomic mass is 127. The molecule has 0 aromatic heterocycles. The van der Waals surface area contributed by atoms with Gasteiger partial charge in [0.15, 0.2) is 0 Å². The van der Waals surface area contributed by atoms with E-state index in [1.807, 2.05) is 158 Å². The Bertz CT molecular complexity index is 2310. The van der Waals surface area contributed by atoms with Crippen LogP contribution in [0.5, 0.6) is 0 Å². The predicted octanol–water partition coefficient (Wildman–Crippen LogP) is 17.7. The molecule has 326 valence electrons. The fourth-order valence-electron chi connectivity index (χ4n) is 5.92. The number of nitrogens with zero attached hydrogens (tertiary/aromatic N) is 2. The third-order valence-corrected chi connectivity index (χ3v) is 9.68. The van der Waals surface area contributed by atoms with Crippen molar-refractivity contribution < 1.29 is 4.79 Å². The molecular formula is C58H66IN3O. The highest BCUT2D eigenvalue weighted by molar-refractivity contribution is 14.1. The Morgan fingerprint density at radius 2 is 0.651 bits per heavy atom. The zero-order valence-electron chi connectivity index (χ0n) is 38.6. The molecule has 0 fully saturated rings. The number of nitrogens with two attached hydrogens (primary N) is 1. The van der Waals surface area contributed by atoms with Crippen LogP contribution in [0.4, 0.5) is 39.8 Å². The van der Waals surface area contributed by atoms with Gasteiger partial charge in [-0.1, -0.05) is 169 Å². The Kier molecular flexibility index (Phi) is 26.3. The zero-order valence-corrected chi connectivity index (χ0v) is 40.8. The van der Waals surface area contributed by atoms with E-state index in [0.29, 0.717) is 5.56 Å². The third-order valence-electron chi connectivity index (χ3n) is 8.96. The summed E-state index contributed by atoms with van der Waals surface area (Å²) in [4.78, 5) is 15.4. The molecule has 5 heteroatoms. The first-order valence-electron chi connectivity index (χ1n) is 21.8. The lowest BCUT2D eigenvalue weighted by Crippen LogP contribution is -2.11. The van der Waals surface area contributed by atoms with Crippen LogP contribution >= 0.6 is 22.6 Å². The van der Waals surface area contributed by atoms with Gasteiger partial charge in [0.05, 0.1) is 0 Å². The number of aryl methyl sites for hydroxylation is 3. The first-order valence-corrected chi connectivity index (χ1v) is 22.9. The van der Waals surface area contributed by atoms with E-state index in [9.17, 15) is 4.79 Å². The molecule has 4 nitrogen and oxygen atoms in total. The molecule has 0 atom stereocenters. The van der Waals surface area contributed by atoms with E-state index in [4.69, 9.17) is 5.73 Å². The van der Waals surface area contributed by atoms with Crippen LogP contribution in [0.15, 0.2) is 218 Å². The van der Waals surface area contributed by atoms with Crippen LogP contribution in [0, 0.1) is 24.3 Å². The quantitative estimate of drug-likeness (QED) is 0.0982. The summed E-state index contributed by atoms with van der Waals surface area (Å²) in [5.74, 6) is 0. The molecule has 8 rings (SSSR count). The van der Waals surface area contributed by atoms with E-state index in [0.717, 1.165) is 34.6 Å². The normalized spacial score (nSPS) is 9.24. The van der Waals surface area contributed by atoms with Gasteiger partial charge in [0, 0.05) is 48.9 Å². The Morgan fingerprint density at radius 1 is 0.365 bits per heavy atom. The smallest absolute Gasteiger partial charge is 0.150 e. The van der Waals surface area contributed by atoms with Gasteiger partial charge in [-0.3, -0.25) is 4.79 Å². The van der Waals surface area contributed by atoms with Crippen molar-refractivity contribution >= 4 is 68.7 Å². The van der Waals surface area contributed by atoms with Crippen LogP contribution in [0.2, 0.25) is 0 Å². The van der Waals surface area contributed by atoms with E-state index in [1.54, 1.807) is 0 Å². The van der Waals surface area contributed by atoms with Gasteiger partial charge >= 0.3 is 0 Å². The molecule has 0 saturated heterocycles. The SMILES string of the molecule is CC.CC.CC.Cc1ccccc1N.Cc1ccccc1N(c1ccccc1)c1ccc(C=O)cc1.Cc1ccccc1N(c1ccccc1)c1ccccc1.Ic1ccccc1. The maximum atomic E-state index is 10.9. The molecular weight excluding hydrogens is 882 g/mol. The van der Waals surface area contributed by atoms with Crippen molar-refractivity contribution in [2.24, 2.45) is 0 Å². The number of carbonyl (C=O) groups excluding carboxylic acids is 1. The molecule has 0 saturated carbocycles. The number of hydrogen-bond donors (Lipinski definition) is 1. The second-order valence-corrected chi connectivity index (χ2v) is 14.4. The van der Waals surface area contributed by atoms with Crippen molar-refractivity contribution in [3.05, 3.63) is 244 Å². The Labute approximate surface area is 393 Å². The maximum Gasteiger partial charge on any atom is 0.150 e. The Hall–Kier alpha value is -6.44. The highest BCUT2D eigenvalue weighted by Crippen LogP contribution is 2.37. The van der Waals surface area contributed by atoms with Crippen molar-refractivity contribution in [2.45, 2.75) is 62.3 Å². The molecule has 8 aromatic carbocycles. The molecule has 0 aliphatic rings. The van der Waals surface area contributed by atoms with Crippen LogP contribution in [0.25, 0.3) is 0 Å². The van der Waals surface area contributed by atoms with Gasteiger partial charge in [0.2, 0.25) is 0 Å². The van der Waals surface area contributed by atoms with Crippen LogP contribution in [-0.2, 0) is 0 Å². The van der Waals surface area contributed by atoms with Gasteiger partial charge in [-0.2, -0.15) is 0 Å². The van der Waals surface area contributed by atoms with Gasteiger partial charge < -0.3 is 15.5 Å². The Morgan fingerprint density at radius 3 is 0.921 bits per heavy atom. The van der Waals surface area contributed by atoms with E-state index >= 15 is 0 Å². The van der Waals surface area contributed by atoms with Crippen molar-refractivity contribution in [1.29, 1.82) is 0 Å². The molecule has 0 amide bonds. The molecule has 2 N–H and O–H groups in total. The number of anilines is 7. The van der Waals surface area contributed by atoms with Gasteiger partial charge in [-0.25, -0.2) is 0 Å². The number of rotatable bonds is 7. The number of aldehydes is 1. The number of halogens is 1. The van der Waals surface area contributed by atoms with Crippen molar-refractivity contribution in [1.82, 2.24) is 0 Å². The zero-order chi connectivity index (χ0) is 46.2. The number of hydrogen-bond acceptors (Lipinski definition) is 4. The lowest BCUT2D eigenvalue weighted by Gasteiger charge is -2.27. The number of para-hydroxylation sites is 6. The average molecular weight is 948 g/mol. The average Bonchev–Trinajstić information content (AvgIpc) is 3.35. The van der Waals surface area contributed by atoms with E-state index in [2.05, 4.69) is 155 Å². The summed E-state index contributed by atoms with van der Waals surface area (Å²) >= 11 is 2.28. The second-order valence-electron chi connectivity index (χ2n) is 13.1. The minimum atomic E-state index is 0.682. The third kappa shape index (κ3) is 17.8. The van der Waals surface area contributed by atoms with Crippen molar-refractivity contribution in [3.8, 4) is 0 Å². The predicted molar refractivity (Wildman–Crippen MR) is 286 cm³/mol. The summed E-state index contributed by atoms with van der Waals surface area (Å²) < 4.78 is 1.29. The second kappa shape index (κ2) is 31.4. The summed E-state index contributed by atoms with van der Waals surface area (Å²) in [5, 5.41) is 0. The molecule has 63 heavy (non-hydrogen) atoms. The van der Waals surface area contributed by atoms with E-state index in [-0.39, 0.29) is 0 Å². The molecule has 0 aliphatic heterocycles. The van der Waals surface area contributed by atoms with Gasteiger partial charge in [0.25, 0.3) is 0 Å². The summed E-state index contributed by atoms with van der Waals surface area (Å²) in [7, 11) is 0. The molecule has 0 radical (unpaired) electrons. The first kappa shape index (κ1) is 52.7. The topological polar surface area (TPSA) is 49.6 Å². The van der Waals surface area contributed by atoms with E-state index in [1.165, 1.54) is 31.8 Å². The highest BCUT2D eigenvalue weighted by Gasteiger charge is 2.14. The molecule has 0 heterocycles. The van der Waals surface area contributed by atoms with Crippen LogP contribution < -0.4 is 15.5 Å². The fourth-order valence-corrected chi connectivity index (χ4v) is 6.33. The minimum absolute atomic E-state index is 0.682. The van der Waals surface area contributed by atoms with Crippen LogP contribution in [-0.4, -0.2) is 6.29 Å². The van der Waals surface area contributed by atoms with Gasteiger partial charge in [-0.15, -0.1) is 0 Å². The lowest BCUT2D eigenvalue weighted by molar-refractivity contribution is 0.112. The first-order chi connectivity index (χ1) is 30.9. The summed E-state index contributed by atoms with van der Waals surface area (Å²) in [6, 6.07) is 73.6. The molecule has 0 bridgehead atoms. The Balaban J connectivity index is 0.000000302. The minimum Gasteiger partial charge on any atom is -0.399 e. The van der Waals surface area contributed by atoms with Gasteiger partial charge in [0.1, 0.15) is 6.29 Å². The van der Waals surface area contributed by atoms with Crippen molar-refractivity contribution in [2.75, 3.05) is 15.5 Å². The monoisotopic (exact) mass is 947 g/mol. The maximum absolute atomic E-state index is 10.9. The van der Waals surface area contributed by atoms with Crippen molar-refractivity contribution in [3.63, 3.8) is 0 Å². The van der Waals surface area contributed by atoms with Gasteiger partial charge in [-0.05, 0) is 151 Å². The molecule has 0 aliphatic carbocycles. The van der Waals surface area contributed by atoms with Crippen LogP contribution in [0.3, 0.4) is 0 Å². The lowest BCUT2D eigenvalue weighted by atomic mass is 10.1. The summed E-state index contributed by atoms with van der Waals surface area (Å²) in [6.07, 6.45) is 0.865. The molecule has 0 spiro atoms. The largest absolute Gasteiger partial charge is 0.399 e. The van der Waals surface area contributed by atoms with E-state index < -0.39 is 0 Å². The van der Waals surface area contributed by atoms with Crippen LogP contribution in [0.1, 0.15) is 68.6 Å². The molecule has 8 aromatic rings. The number of carbonyl (C=O) groups is 1. The summed E-state index contributed by atoms with van der Waals surface area (Å²) in [5.41, 5.74) is 17.5. The summed E-state index contributed by atoms with van der Waals surface area (Å²) in [6.45, 7) is 18.2.